The van der Waals surface area contributed by atoms with Crippen LogP contribution in [0.2, 0.25) is 0 Å². The van der Waals surface area contributed by atoms with Crippen LogP contribution in [0.1, 0.15) is 44.5 Å². The minimum absolute atomic E-state index is 0.0508. The highest BCUT2D eigenvalue weighted by molar-refractivity contribution is 5.17. The van der Waals surface area contributed by atoms with Crippen molar-refractivity contribution in [2.75, 3.05) is 0 Å². The highest BCUT2D eigenvalue weighted by Gasteiger charge is 2.17. The molecule has 1 aromatic rings. The van der Waals surface area contributed by atoms with Crippen LogP contribution in [0, 0.1) is 12.3 Å². The summed E-state index contributed by atoms with van der Waals surface area (Å²) in [5.74, 6) is 0. The van der Waals surface area contributed by atoms with Gasteiger partial charge in [-0.25, -0.2) is 0 Å². The lowest BCUT2D eigenvalue weighted by molar-refractivity contribution is 0.340. The van der Waals surface area contributed by atoms with E-state index in [-0.39, 0.29) is 11.5 Å². The minimum Gasteiger partial charge on any atom is -0.323 e. The van der Waals surface area contributed by atoms with Crippen molar-refractivity contribution in [3.8, 4) is 0 Å². The predicted octanol–water partition coefficient (Wildman–Crippen LogP) is 2.83. The van der Waals surface area contributed by atoms with Gasteiger partial charge in [0.15, 0.2) is 0 Å². The molecule has 0 fully saturated rings. The molecule has 2 N–H and O–H groups in total. The van der Waals surface area contributed by atoms with Crippen LogP contribution < -0.4 is 5.73 Å². The predicted molar refractivity (Wildman–Crippen MR) is 60.0 cm³/mol. The fraction of sp³-hybridized carbons (Fsp3) is 0.583. The topological polar surface area (TPSA) is 38.9 Å². The van der Waals surface area contributed by atoms with Crippen molar-refractivity contribution in [3.63, 3.8) is 0 Å². The van der Waals surface area contributed by atoms with Gasteiger partial charge in [-0.15, -0.1) is 0 Å². The molecule has 2 heteroatoms. The number of hydrogen-bond acceptors (Lipinski definition) is 2. The highest BCUT2D eigenvalue weighted by atomic mass is 14.8. The number of nitrogens with zero attached hydrogens (tertiary/aromatic N) is 1. The zero-order valence-electron chi connectivity index (χ0n) is 9.54. The summed E-state index contributed by atoms with van der Waals surface area (Å²) in [4.78, 5) is 4.30. The average Bonchev–Trinajstić information content (AvgIpc) is 2.01. The van der Waals surface area contributed by atoms with Crippen LogP contribution in [0.15, 0.2) is 18.3 Å². The number of rotatable bonds is 2. The summed E-state index contributed by atoms with van der Waals surface area (Å²) in [6.45, 7) is 8.66. The maximum Gasteiger partial charge on any atom is 0.0573 e. The second kappa shape index (κ2) is 4.09. The Labute approximate surface area is 86.5 Å². The molecule has 1 atom stereocenters. The second-order valence-electron chi connectivity index (χ2n) is 5.13. The van der Waals surface area contributed by atoms with Crippen LogP contribution in [0.4, 0.5) is 0 Å². The first-order valence-corrected chi connectivity index (χ1v) is 5.06. The number of pyridine rings is 1. The van der Waals surface area contributed by atoms with E-state index in [2.05, 4.69) is 38.7 Å². The van der Waals surface area contributed by atoms with Gasteiger partial charge in [-0.1, -0.05) is 20.8 Å². The van der Waals surface area contributed by atoms with E-state index in [1.54, 1.807) is 0 Å². The summed E-state index contributed by atoms with van der Waals surface area (Å²) in [6.07, 6.45) is 2.79. The van der Waals surface area contributed by atoms with Gasteiger partial charge in [0.05, 0.1) is 5.69 Å². The molecule has 0 radical (unpaired) electrons. The lowest BCUT2D eigenvalue weighted by Gasteiger charge is -2.22. The van der Waals surface area contributed by atoms with E-state index in [1.807, 2.05) is 12.3 Å². The molecule has 0 saturated carbocycles. The Morgan fingerprint density at radius 1 is 1.43 bits per heavy atom. The number of aromatic nitrogens is 1. The van der Waals surface area contributed by atoms with E-state index < -0.39 is 0 Å². The lowest BCUT2D eigenvalue weighted by Crippen LogP contribution is -2.19. The fourth-order valence-corrected chi connectivity index (χ4v) is 1.53. The summed E-state index contributed by atoms with van der Waals surface area (Å²) in [5.41, 5.74) is 8.56. The van der Waals surface area contributed by atoms with Gasteiger partial charge in [0.25, 0.3) is 0 Å². The van der Waals surface area contributed by atoms with Gasteiger partial charge in [-0.3, -0.25) is 4.98 Å². The summed E-state index contributed by atoms with van der Waals surface area (Å²) in [6, 6.07) is 4.11. The zero-order valence-corrected chi connectivity index (χ0v) is 9.54. The monoisotopic (exact) mass is 192 g/mol. The van der Waals surface area contributed by atoms with Crippen molar-refractivity contribution in [1.82, 2.24) is 4.98 Å². The van der Waals surface area contributed by atoms with E-state index in [1.165, 1.54) is 5.56 Å². The largest absolute Gasteiger partial charge is 0.323 e. The highest BCUT2D eigenvalue weighted by Crippen LogP contribution is 2.26. The molecule has 0 amide bonds. The van der Waals surface area contributed by atoms with Gasteiger partial charge in [0.1, 0.15) is 0 Å². The normalized spacial score (nSPS) is 14.1. The molecule has 2 nitrogen and oxygen atoms in total. The van der Waals surface area contributed by atoms with Gasteiger partial charge < -0.3 is 5.73 Å². The lowest BCUT2D eigenvalue weighted by atomic mass is 9.87. The van der Waals surface area contributed by atoms with Gasteiger partial charge in [0.2, 0.25) is 0 Å². The molecular formula is C12H20N2. The average molecular weight is 192 g/mol. The molecule has 14 heavy (non-hydrogen) atoms. The van der Waals surface area contributed by atoms with Crippen molar-refractivity contribution < 1.29 is 0 Å². The first kappa shape index (κ1) is 11.2. The van der Waals surface area contributed by atoms with Crippen molar-refractivity contribution in [1.29, 1.82) is 0 Å². The van der Waals surface area contributed by atoms with E-state index in [9.17, 15) is 0 Å². The van der Waals surface area contributed by atoms with E-state index in [0.717, 1.165) is 12.1 Å². The SMILES string of the molecule is Cc1ccnc([C@H](N)CC(C)(C)C)c1. The molecule has 0 aliphatic heterocycles. The van der Waals surface area contributed by atoms with Crippen LogP contribution in [0.3, 0.4) is 0 Å². The van der Waals surface area contributed by atoms with Crippen LogP contribution in [-0.2, 0) is 0 Å². The maximum atomic E-state index is 6.09. The van der Waals surface area contributed by atoms with Gasteiger partial charge in [-0.2, -0.15) is 0 Å². The smallest absolute Gasteiger partial charge is 0.0573 e. The third kappa shape index (κ3) is 3.46. The Morgan fingerprint density at radius 2 is 2.07 bits per heavy atom. The first-order valence-electron chi connectivity index (χ1n) is 5.06. The molecule has 0 unspecified atom stereocenters. The molecule has 0 aliphatic carbocycles. The Hall–Kier alpha value is -0.890. The molecule has 1 aromatic heterocycles. The van der Waals surface area contributed by atoms with Gasteiger partial charge in [-0.05, 0) is 36.5 Å². The van der Waals surface area contributed by atoms with Crippen molar-refractivity contribution >= 4 is 0 Å². The van der Waals surface area contributed by atoms with Crippen LogP contribution >= 0.6 is 0 Å². The molecule has 0 spiro atoms. The maximum absolute atomic E-state index is 6.09. The van der Waals surface area contributed by atoms with Crippen molar-refractivity contribution in [2.45, 2.75) is 40.2 Å². The minimum atomic E-state index is 0.0508. The van der Waals surface area contributed by atoms with Crippen molar-refractivity contribution in [2.24, 2.45) is 11.1 Å². The van der Waals surface area contributed by atoms with Gasteiger partial charge >= 0.3 is 0 Å². The summed E-state index contributed by atoms with van der Waals surface area (Å²) in [5, 5.41) is 0. The molecular weight excluding hydrogens is 172 g/mol. The Kier molecular flexibility index (Phi) is 3.27. The number of aryl methyl sites for hydroxylation is 1. The van der Waals surface area contributed by atoms with Gasteiger partial charge in [0, 0.05) is 12.2 Å². The van der Waals surface area contributed by atoms with Crippen molar-refractivity contribution in [3.05, 3.63) is 29.6 Å². The second-order valence-corrected chi connectivity index (χ2v) is 5.13. The number of nitrogens with two attached hydrogens (primary N) is 1. The summed E-state index contributed by atoms with van der Waals surface area (Å²) < 4.78 is 0. The molecule has 0 saturated heterocycles. The Balaban J connectivity index is 2.74. The fourth-order valence-electron chi connectivity index (χ4n) is 1.53. The van der Waals surface area contributed by atoms with Crippen LogP contribution in [-0.4, -0.2) is 4.98 Å². The molecule has 1 heterocycles. The summed E-state index contributed by atoms with van der Waals surface area (Å²) in [7, 11) is 0. The third-order valence-corrected chi connectivity index (χ3v) is 2.15. The quantitative estimate of drug-likeness (QED) is 0.782. The number of hydrogen-bond donors (Lipinski definition) is 1. The third-order valence-electron chi connectivity index (χ3n) is 2.15. The standard InChI is InChI=1S/C12H20N2/c1-9-5-6-14-11(7-9)10(13)8-12(2,3)4/h5-7,10H,8,13H2,1-4H3/t10-/m1/s1. The zero-order chi connectivity index (χ0) is 10.8. The summed E-state index contributed by atoms with van der Waals surface area (Å²) >= 11 is 0. The van der Waals surface area contributed by atoms with E-state index in [4.69, 9.17) is 5.73 Å². The van der Waals surface area contributed by atoms with Crippen LogP contribution in [0.5, 0.6) is 0 Å². The molecule has 0 aliphatic rings. The van der Waals surface area contributed by atoms with E-state index >= 15 is 0 Å². The molecule has 0 bridgehead atoms. The molecule has 0 aromatic carbocycles. The van der Waals surface area contributed by atoms with Crippen LogP contribution in [0.25, 0.3) is 0 Å². The van der Waals surface area contributed by atoms with E-state index in [0.29, 0.717) is 0 Å². The first-order chi connectivity index (χ1) is 6.38. The Morgan fingerprint density at radius 3 is 2.57 bits per heavy atom. The molecule has 1 rings (SSSR count). The Bertz CT molecular complexity index is 299. The molecule has 78 valence electrons.